The van der Waals surface area contributed by atoms with Gasteiger partial charge in [-0.05, 0) is 73.3 Å². The van der Waals surface area contributed by atoms with Gasteiger partial charge in [0.1, 0.15) is 0 Å². The molecule has 2 aliphatic rings. The van der Waals surface area contributed by atoms with Crippen LogP contribution in [0.15, 0.2) is 54.9 Å². The van der Waals surface area contributed by atoms with Crippen LogP contribution in [-0.4, -0.2) is 35.3 Å². The van der Waals surface area contributed by atoms with Gasteiger partial charge < -0.3 is 15.5 Å². The number of aromatic nitrogens is 2. The monoisotopic (exact) mass is 468 g/mol. The molecule has 180 valence electrons. The van der Waals surface area contributed by atoms with Gasteiger partial charge in [0.25, 0.3) is 0 Å². The molecule has 2 aromatic carbocycles. The van der Waals surface area contributed by atoms with Crippen LogP contribution in [0.1, 0.15) is 43.9 Å². The Labute approximate surface area is 206 Å². The molecule has 0 radical (unpaired) electrons. The minimum absolute atomic E-state index is 0.0402. The predicted molar refractivity (Wildman–Crippen MR) is 138 cm³/mol. The van der Waals surface area contributed by atoms with Gasteiger partial charge in [0.15, 0.2) is 0 Å². The highest BCUT2D eigenvalue weighted by molar-refractivity contribution is 5.94. The quantitative estimate of drug-likeness (QED) is 0.530. The summed E-state index contributed by atoms with van der Waals surface area (Å²) in [6, 6.07) is 16.4. The Kier molecular flexibility index (Phi) is 6.31. The average molecular weight is 469 g/mol. The van der Waals surface area contributed by atoms with E-state index in [0.29, 0.717) is 11.5 Å². The fraction of sp³-hybridized carbons (Fsp3) is 0.393. The van der Waals surface area contributed by atoms with Gasteiger partial charge in [-0.1, -0.05) is 13.0 Å². The fourth-order valence-corrected chi connectivity index (χ4v) is 5.43. The average Bonchev–Trinajstić information content (AvgIpc) is 3.60. The summed E-state index contributed by atoms with van der Waals surface area (Å²) in [5, 5.41) is 20.6. The van der Waals surface area contributed by atoms with Crippen molar-refractivity contribution >= 4 is 17.3 Å². The third-order valence-corrected chi connectivity index (χ3v) is 7.32. The van der Waals surface area contributed by atoms with E-state index in [0.717, 1.165) is 41.2 Å². The molecule has 1 aromatic heterocycles. The van der Waals surface area contributed by atoms with E-state index in [1.54, 1.807) is 6.92 Å². The molecule has 7 nitrogen and oxygen atoms in total. The zero-order valence-corrected chi connectivity index (χ0v) is 20.5. The number of likely N-dealkylation sites (N-methyl/N-ethyl adjacent to an activating group) is 1. The second-order valence-corrected chi connectivity index (χ2v) is 9.76. The molecule has 1 aliphatic heterocycles. The van der Waals surface area contributed by atoms with Crippen molar-refractivity contribution in [2.75, 3.05) is 23.8 Å². The number of nitrogens with zero attached hydrogens (tertiary/aromatic N) is 4. The molecular formula is C28H32N6O. The van der Waals surface area contributed by atoms with Crippen molar-refractivity contribution < 1.29 is 4.79 Å². The van der Waals surface area contributed by atoms with Gasteiger partial charge in [-0.25, -0.2) is 0 Å². The Balaban J connectivity index is 1.56. The van der Waals surface area contributed by atoms with Gasteiger partial charge in [0.2, 0.25) is 5.91 Å². The zero-order chi connectivity index (χ0) is 24.5. The second kappa shape index (κ2) is 9.55. The highest BCUT2D eigenvalue weighted by Gasteiger charge is 2.47. The molecule has 0 saturated heterocycles. The third kappa shape index (κ3) is 4.54. The van der Waals surface area contributed by atoms with Crippen LogP contribution in [0.3, 0.4) is 0 Å². The van der Waals surface area contributed by atoms with Crippen molar-refractivity contribution in [3.63, 3.8) is 0 Å². The smallest absolute Gasteiger partial charge is 0.224 e. The van der Waals surface area contributed by atoms with Crippen molar-refractivity contribution in [3.8, 4) is 17.2 Å². The lowest BCUT2D eigenvalue weighted by molar-refractivity contribution is -0.117. The highest BCUT2D eigenvalue weighted by Crippen LogP contribution is 2.50. The largest absolute Gasteiger partial charge is 0.378 e. The number of carbonyl (C=O) groups excluding carboxylic acids is 1. The summed E-state index contributed by atoms with van der Waals surface area (Å²) >= 11 is 0. The van der Waals surface area contributed by atoms with Gasteiger partial charge in [-0.3, -0.25) is 9.48 Å². The van der Waals surface area contributed by atoms with Gasteiger partial charge in [-0.2, -0.15) is 10.4 Å². The first-order chi connectivity index (χ1) is 17.0. The van der Waals surface area contributed by atoms with Crippen molar-refractivity contribution in [2.45, 2.75) is 45.3 Å². The Bertz CT molecular complexity index is 1250. The standard InChI is InChI=1S/C28H32N6O/c1-18-27(32-24-9-4-20(15-29)5-10-24)25-14-22(23-16-31-33(17-23)13-12-30-3)8-11-26(25)34(19(2)35)28(18)21-6-7-21/h4-5,8-11,14,16-18,21,27-28,30,32H,6-7,12-13H2,1-3H3/t18-,27?,28-/m1/s1. The van der Waals surface area contributed by atoms with Crippen molar-refractivity contribution in [1.29, 1.82) is 5.26 Å². The van der Waals surface area contributed by atoms with E-state index in [9.17, 15) is 10.1 Å². The Hall–Kier alpha value is -3.63. The van der Waals surface area contributed by atoms with E-state index in [-0.39, 0.29) is 23.9 Å². The summed E-state index contributed by atoms with van der Waals surface area (Å²) in [5.41, 5.74) is 5.88. The number of fused-ring (bicyclic) bond motifs is 1. The Morgan fingerprint density at radius 2 is 1.94 bits per heavy atom. The molecule has 5 rings (SSSR count). The lowest BCUT2D eigenvalue weighted by Crippen LogP contribution is -2.51. The molecule has 1 fully saturated rings. The SMILES string of the molecule is CNCCn1cc(-c2ccc3c(c2)C(Nc2ccc(C#N)cc2)[C@@H](C)[C@H](C2CC2)N3C(C)=O)cn1. The molecule has 0 bridgehead atoms. The number of nitriles is 1. The molecule has 3 atom stereocenters. The van der Waals surface area contributed by atoms with Gasteiger partial charge in [0, 0.05) is 48.6 Å². The molecule has 7 heteroatoms. The van der Waals surface area contributed by atoms with E-state index in [1.165, 1.54) is 12.8 Å². The first-order valence-electron chi connectivity index (χ1n) is 12.4. The molecule has 1 amide bonds. The zero-order valence-electron chi connectivity index (χ0n) is 20.5. The van der Waals surface area contributed by atoms with E-state index in [2.05, 4.69) is 53.1 Å². The second-order valence-electron chi connectivity index (χ2n) is 9.76. The lowest BCUT2D eigenvalue weighted by Gasteiger charge is -2.46. The Morgan fingerprint density at radius 3 is 2.60 bits per heavy atom. The number of benzene rings is 2. The summed E-state index contributed by atoms with van der Waals surface area (Å²) in [6.45, 7) is 5.60. The number of hydrogen-bond acceptors (Lipinski definition) is 5. The fourth-order valence-electron chi connectivity index (χ4n) is 5.43. The number of rotatable bonds is 7. The summed E-state index contributed by atoms with van der Waals surface area (Å²) in [7, 11) is 1.94. The topological polar surface area (TPSA) is 86.0 Å². The number of carbonyl (C=O) groups is 1. The maximum atomic E-state index is 12.9. The minimum Gasteiger partial charge on any atom is -0.378 e. The van der Waals surface area contributed by atoms with Gasteiger partial charge in [0.05, 0.1) is 30.4 Å². The Morgan fingerprint density at radius 1 is 1.17 bits per heavy atom. The number of hydrogen-bond donors (Lipinski definition) is 2. The van der Waals surface area contributed by atoms with Crippen molar-refractivity contribution in [2.24, 2.45) is 11.8 Å². The van der Waals surface area contributed by atoms with Crippen LogP contribution in [0.4, 0.5) is 11.4 Å². The first kappa shape index (κ1) is 23.1. The van der Waals surface area contributed by atoms with Gasteiger partial charge >= 0.3 is 0 Å². The summed E-state index contributed by atoms with van der Waals surface area (Å²) < 4.78 is 1.95. The summed E-state index contributed by atoms with van der Waals surface area (Å²) in [6.07, 6.45) is 6.32. The molecule has 1 unspecified atom stereocenters. The van der Waals surface area contributed by atoms with Crippen LogP contribution in [-0.2, 0) is 11.3 Å². The number of amides is 1. The van der Waals surface area contributed by atoms with Crippen LogP contribution in [0, 0.1) is 23.2 Å². The van der Waals surface area contributed by atoms with E-state index in [1.807, 2.05) is 47.1 Å². The van der Waals surface area contributed by atoms with E-state index < -0.39 is 0 Å². The number of anilines is 2. The number of nitrogens with one attached hydrogen (secondary N) is 2. The van der Waals surface area contributed by atoms with Crippen molar-refractivity contribution in [1.82, 2.24) is 15.1 Å². The molecule has 0 spiro atoms. The molecule has 1 aliphatic carbocycles. The van der Waals surface area contributed by atoms with Crippen LogP contribution >= 0.6 is 0 Å². The normalized spacial score (nSPS) is 21.3. The highest BCUT2D eigenvalue weighted by atomic mass is 16.2. The molecule has 3 aromatic rings. The maximum Gasteiger partial charge on any atom is 0.224 e. The maximum absolute atomic E-state index is 12.9. The van der Waals surface area contributed by atoms with E-state index in [4.69, 9.17) is 0 Å². The summed E-state index contributed by atoms with van der Waals surface area (Å²) in [4.78, 5) is 14.9. The lowest BCUT2D eigenvalue weighted by atomic mass is 9.79. The van der Waals surface area contributed by atoms with Crippen LogP contribution < -0.4 is 15.5 Å². The molecule has 35 heavy (non-hydrogen) atoms. The predicted octanol–water partition coefficient (Wildman–Crippen LogP) is 4.58. The first-order valence-corrected chi connectivity index (χ1v) is 12.4. The van der Waals surface area contributed by atoms with Crippen LogP contribution in [0.5, 0.6) is 0 Å². The van der Waals surface area contributed by atoms with Gasteiger partial charge in [-0.15, -0.1) is 0 Å². The molecule has 2 heterocycles. The van der Waals surface area contributed by atoms with Crippen LogP contribution in [0.2, 0.25) is 0 Å². The molecular weight excluding hydrogens is 436 g/mol. The van der Waals surface area contributed by atoms with Crippen molar-refractivity contribution in [3.05, 3.63) is 66.0 Å². The van der Waals surface area contributed by atoms with E-state index >= 15 is 0 Å². The summed E-state index contributed by atoms with van der Waals surface area (Å²) in [5.74, 6) is 0.861. The molecule has 2 N–H and O–H groups in total. The molecule has 1 saturated carbocycles. The van der Waals surface area contributed by atoms with Crippen LogP contribution in [0.25, 0.3) is 11.1 Å². The minimum atomic E-state index is 0.0402. The third-order valence-electron chi connectivity index (χ3n) is 7.32.